The Hall–Kier alpha value is -3.29. The van der Waals surface area contributed by atoms with E-state index in [1.54, 1.807) is 0 Å². The fraction of sp³-hybridized carbons (Fsp3) is 0.105. The first-order valence-electron chi connectivity index (χ1n) is 7.50. The topological polar surface area (TPSA) is 66.8 Å². The van der Waals surface area contributed by atoms with Crippen LogP contribution in [0.1, 0.15) is 16.7 Å². The summed E-state index contributed by atoms with van der Waals surface area (Å²) in [5.41, 5.74) is -0.943. The number of allylic oxidation sites excluding steroid dienone is 2. The highest BCUT2D eigenvalue weighted by Gasteiger charge is 2.17. The number of ketones is 1. The van der Waals surface area contributed by atoms with Crippen molar-refractivity contribution in [1.29, 1.82) is 0 Å². The van der Waals surface area contributed by atoms with Crippen LogP contribution in [0.4, 0.5) is 17.6 Å². The molecule has 2 rings (SSSR count). The van der Waals surface area contributed by atoms with E-state index in [4.69, 9.17) is 0 Å². The monoisotopic (exact) mass is 382 g/mol. The number of aromatic hydroxyl groups is 2. The van der Waals surface area contributed by atoms with Gasteiger partial charge in [-0.1, -0.05) is 0 Å². The summed E-state index contributed by atoms with van der Waals surface area (Å²) in [5.74, 6) is -7.45. The number of halogens is 4. The Balaban J connectivity index is 2.27. The van der Waals surface area contributed by atoms with Gasteiger partial charge < -0.3 is 14.9 Å². The van der Waals surface area contributed by atoms with Gasteiger partial charge in [0.05, 0.1) is 7.11 Å². The number of hydrogen-bond donors (Lipinski definition) is 2. The average molecular weight is 382 g/mol. The molecule has 0 fully saturated rings. The van der Waals surface area contributed by atoms with Gasteiger partial charge in [-0.05, 0) is 43.4 Å². The molecule has 0 aliphatic rings. The maximum absolute atomic E-state index is 14.0. The second kappa shape index (κ2) is 7.94. The second-order valence-corrected chi connectivity index (χ2v) is 5.45. The van der Waals surface area contributed by atoms with E-state index in [0.717, 1.165) is 31.4 Å². The molecule has 0 radical (unpaired) electrons. The predicted octanol–water partition coefficient (Wildman–Crippen LogP) is 4.27. The van der Waals surface area contributed by atoms with Crippen molar-refractivity contribution < 1.29 is 37.3 Å². The van der Waals surface area contributed by atoms with E-state index in [9.17, 15) is 32.6 Å². The Morgan fingerprint density at radius 2 is 1.41 bits per heavy atom. The van der Waals surface area contributed by atoms with Gasteiger partial charge in [-0.3, -0.25) is 4.79 Å². The fourth-order valence-electron chi connectivity index (χ4n) is 2.21. The van der Waals surface area contributed by atoms with Crippen LogP contribution in [0.3, 0.4) is 0 Å². The maximum Gasteiger partial charge on any atom is 0.200 e. The maximum atomic E-state index is 14.0. The summed E-state index contributed by atoms with van der Waals surface area (Å²) in [6, 6.07) is 1.38. The largest absolute Gasteiger partial charge is 0.505 e. The summed E-state index contributed by atoms with van der Waals surface area (Å²) in [4.78, 5) is 11.8. The zero-order chi connectivity index (χ0) is 20.3. The predicted molar refractivity (Wildman–Crippen MR) is 90.4 cm³/mol. The Morgan fingerprint density at radius 1 is 0.926 bits per heavy atom. The number of hydrogen-bond acceptors (Lipinski definition) is 4. The van der Waals surface area contributed by atoms with Gasteiger partial charge in [0.15, 0.2) is 40.5 Å². The number of benzene rings is 2. The number of phenols is 2. The van der Waals surface area contributed by atoms with E-state index >= 15 is 0 Å². The number of rotatable bonds is 5. The Morgan fingerprint density at radius 3 is 1.93 bits per heavy atom. The minimum absolute atomic E-state index is 0.270. The molecule has 0 aliphatic heterocycles. The quantitative estimate of drug-likeness (QED) is 0.599. The summed E-state index contributed by atoms with van der Waals surface area (Å²) in [5, 5.41) is 18.7. The van der Waals surface area contributed by atoms with Gasteiger partial charge in [-0.2, -0.15) is 0 Å². The van der Waals surface area contributed by atoms with Gasteiger partial charge in [-0.15, -0.1) is 0 Å². The molecule has 0 unspecified atom stereocenters. The van der Waals surface area contributed by atoms with Crippen molar-refractivity contribution in [2.45, 2.75) is 6.92 Å². The highest BCUT2D eigenvalue weighted by molar-refractivity contribution is 6.04. The number of carbonyl (C=O) groups excluding carboxylic acids is 1. The molecule has 0 heterocycles. The van der Waals surface area contributed by atoms with Crippen molar-refractivity contribution >= 4 is 17.9 Å². The van der Waals surface area contributed by atoms with Crippen LogP contribution in [0, 0.1) is 30.2 Å². The van der Waals surface area contributed by atoms with Crippen molar-refractivity contribution in [3.63, 3.8) is 0 Å². The molecule has 2 aromatic rings. The smallest absolute Gasteiger partial charge is 0.200 e. The molecule has 8 heteroatoms. The molecule has 0 aromatic heterocycles. The van der Waals surface area contributed by atoms with Gasteiger partial charge in [0, 0.05) is 16.7 Å². The highest BCUT2D eigenvalue weighted by Crippen LogP contribution is 2.34. The van der Waals surface area contributed by atoms with Crippen LogP contribution in [0.15, 0.2) is 24.3 Å². The SMILES string of the molecule is COc1c(O)c(F)cc(/C=C/C(=O)/C=C/c2cc(F)c(O)c(C)c2F)c1F. The van der Waals surface area contributed by atoms with Crippen LogP contribution in [-0.4, -0.2) is 23.1 Å². The molecule has 27 heavy (non-hydrogen) atoms. The first-order valence-corrected chi connectivity index (χ1v) is 7.50. The molecule has 0 atom stereocenters. The van der Waals surface area contributed by atoms with E-state index in [1.807, 2.05) is 0 Å². The Labute approximate surface area is 151 Å². The van der Waals surface area contributed by atoms with E-state index in [0.29, 0.717) is 12.1 Å². The zero-order valence-corrected chi connectivity index (χ0v) is 14.2. The molecule has 0 spiro atoms. The molecule has 0 bridgehead atoms. The van der Waals surface area contributed by atoms with Crippen LogP contribution >= 0.6 is 0 Å². The number of methoxy groups -OCH3 is 1. The molecule has 2 N–H and O–H groups in total. The number of ether oxygens (including phenoxy) is 1. The van der Waals surface area contributed by atoms with Crippen molar-refractivity contribution in [1.82, 2.24) is 0 Å². The standard InChI is InChI=1S/C19H14F4O4/c1-9-15(22)10(7-13(20)17(9)25)3-5-12(24)6-4-11-8-14(21)18(26)19(27-2)16(11)23/h3-8,25-26H,1-2H3/b5-3+,6-4+. The molecule has 4 nitrogen and oxygen atoms in total. The highest BCUT2D eigenvalue weighted by atomic mass is 19.1. The van der Waals surface area contributed by atoms with E-state index in [2.05, 4.69) is 4.74 Å². The number of phenolic OH excluding ortho intramolecular Hbond substituents is 2. The summed E-state index contributed by atoms with van der Waals surface area (Å²) in [7, 11) is 1.03. The molecule has 0 saturated carbocycles. The fourth-order valence-corrected chi connectivity index (χ4v) is 2.21. The lowest BCUT2D eigenvalue weighted by molar-refractivity contribution is -0.110. The van der Waals surface area contributed by atoms with Gasteiger partial charge in [0.2, 0.25) is 0 Å². The minimum atomic E-state index is -1.15. The molecule has 0 amide bonds. The lowest BCUT2D eigenvalue weighted by atomic mass is 10.1. The summed E-state index contributed by atoms with van der Waals surface area (Å²) >= 11 is 0. The van der Waals surface area contributed by atoms with Crippen LogP contribution in [0.2, 0.25) is 0 Å². The van der Waals surface area contributed by atoms with Crippen LogP contribution in [-0.2, 0) is 4.79 Å². The first kappa shape index (κ1) is 20.0. The Kier molecular flexibility index (Phi) is 5.89. The van der Waals surface area contributed by atoms with Gasteiger partial charge in [-0.25, -0.2) is 17.6 Å². The summed E-state index contributed by atoms with van der Waals surface area (Å²) in [6.45, 7) is 1.17. The zero-order valence-electron chi connectivity index (χ0n) is 14.2. The lowest BCUT2D eigenvalue weighted by Gasteiger charge is -2.07. The van der Waals surface area contributed by atoms with Crippen molar-refractivity contribution in [3.8, 4) is 17.2 Å². The molecule has 142 valence electrons. The van der Waals surface area contributed by atoms with E-state index in [1.165, 1.54) is 6.92 Å². The van der Waals surface area contributed by atoms with E-state index < -0.39 is 46.3 Å². The van der Waals surface area contributed by atoms with Crippen molar-refractivity contribution in [2.24, 2.45) is 0 Å². The van der Waals surface area contributed by atoms with Gasteiger partial charge in [0.1, 0.15) is 5.82 Å². The van der Waals surface area contributed by atoms with Crippen molar-refractivity contribution in [2.75, 3.05) is 7.11 Å². The molecule has 2 aromatic carbocycles. The third-order valence-corrected chi connectivity index (χ3v) is 3.68. The van der Waals surface area contributed by atoms with E-state index in [-0.39, 0.29) is 16.7 Å². The molecular formula is C19H14F4O4. The van der Waals surface area contributed by atoms with Crippen LogP contribution in [0.25, 0.3) is 12.2 Å². The van der Waals surface area contributed by atoms with Crippen LogP contribution in [0.5, 0.6) is 17.2 Å². The lowest BCUT2D eigenvalue weighted by Crippen LogP contribution is -1.95. The number of carbonyl (C=O) groups is 1. The molecule has 0 aliphatic carbocycles. The first-order chi connectivity index (χ1) is 12.7. The normalized spacial score (nSPS) is 11.5. The summed E-state index contributed by atoms with van der Waals surface area (Å²) < 4.78 is 59.5. The average Bonchev–Trinajstić information content (AvgIpc) is 2.64. The summed E-state index contributed by atoms with van der Waals surface area (Å²) in [6.07, 6.45) is 3.67. The third-order valence-electron chi connectivity index (χ3n) is 3.68. The second-order valence-electron chi connectivity index (χ2n) is 5.45. The molecular weight excluding hydrogens is 368 g/mol. The van der Waals surface area contributed by atoms with Gasteiger partial charge in [0.25, 0.3) is 0 Å². The van der Waals surface area contributed by atoms with Gasteiger partial charge >= 0.3 is 0 Å². The third kappa shape index (κ3) is 4.11. The van der Waals surface area contributed by atoms with Crippen molar-refractivity contribution in [3.05, 3.63) is 64.2 Å². The minimum Gasteiger partial charge on any atom is -0.505 e. The molecule has 0 saturated heterocycles. The Bertz CT molecular complexity index is 965. The van der Waals surface area contributed by atoms with Crippen LogP contribution < -0.4 is 4.74 Å².